The summed E-state index contributed by atoms with van der Waals surface area (Å²) in [5.74, 6) is 11.7. The number of carbonyl (C=O) groups excluding carboxylic acids is 3. The number of ketones is 1. The summed E-state index contributed by atoms with van der Waals surface area (Å²) in [4.78, 5) is 36.4. The van der Waals surface area contributed by atoms with Crippen molar-refractivity contribution in [1.82, 2.24) is 16.1 Å². The first kappa shape index (κ1) is 36.8. The third-order valence-electron chi connectivity index (χ3n) is 8.09. The minimum absolute atomic E-state index is 0.102. The molecule has 0 bridgehead atoms. The normalized spacial score (nSPS) is 14.3. The molecule has 7 N–H and O–H groups in total. The van der Waals surface area contributed by atoms with Crippen LogP contribution in [0.4, 0.5) is 0 Å². The van der Waals surface area contributed by atoms with Crippen LogP contribution in [0.25, 0.3) is 0 Å². The molecule has 1 aliphatic rings. The van der Waals surface area contributed by atoms with E-state index in [2.05, 4.69) is 21.2 Å². The van der Waals surface area contributed by atoms with Crippen molar-refractivity contribution in [2.24, 2.45) is 22.7 Å². The molecule has 1 fully saturated rings. The number of nitrogens with zero attached hydrogens (tertiary/aromatic N) is 1. The van der Waals surface area contributed by atoms with E-state index in [-0.39, 0.29) is 24.0 Å². The summed E-state index contributed by atoms with van der Waals surface area (Å²) in [6.07, 6.45) is 22.3. The summed E-state index contributed by atoms with van der Waals surface area (Å²) in [6.45, 7) is 3.20. The molecular weight excluding hydrogens is 520 g/mol. The molecule has 2 amide bonds. The Bertz CT molecular complexity index is 729. The highest BCUT2D eigenvalue weighted by Gasteiger charge is 2.18. The van der Waals surface area contributed by atoms with Gasteiger partial charge in [0.05, 0.1) is 12.6 Å². The van der Waals surface area contributed by atoms with Gasteiger partial charge in [-0.1, -0.05) is 89.9 Å². The molecular formula is C31H60N6O4. The van der Waals surface area contributed by atoms with Crippen molar-refractivity contribution in [3.63, 3.8) is 0 Å². The van der Waals surface area contributed by atoms with Crippen LogP contribution in [0.3, 0.4) is 0 Å². The number of Topliss-reactive ketones (excluding diaryl/α,β-unsaturated/α-hetero) is 1. The molecule has 1 unspecified atom stereocenters. The molecule has 238 valence electrons. The van der Waals surface area contributed by atoms with E-state index in [1.54, 1.807) is 0 Å². The molecule has 1 saturated carbocycles. The van der Waals surface area contributed by atoms with E-state index in [0.29, 0.717) is 31.8 Å². The van der Waals surface area contributed by atoms with Crippen molar-refractivity contribution in [2.75, 3.05) is 19.8 Å². The van der Waals surface area contributed by atoms with Crippen LogP contribution in [-0.4, -0.2) is 49.2 Å². The summed E-state index contributed by atoms with van der Waals surface area (Å²) in [5.41, 5.74) is 2.52. The fraction of sp³-hybridized carbons (Fsp3) is 0.871. The number of unbranched alkanes of at least 4 members (excludes halogenated alkanes) is 12. The van der Waals surface area contributed by atoms with E-state index < -0.39 is 6.04 Å². The fourth-order valence-electron chi connectivity index (χ4n) is 5.10. The van der Waals surface area contributed by atoms with E-state index in [1.165, 1.54) is 84.0 Å². The second kappa shape index (κ2) is 25.5. The van der Waals surface area contributed by atoms with E-state index in [4.69, 9.17) is 16.4 Å². The topological polar surface area (TPSA) is 161 Å². The number of ether oxygens (including phenoxy) is 1. The van der Waals surface area contributed by atoms with Crippen LogP contribution in [0.15, 0.2) is 5.10 Å². The maximum absolute atomic E-state index is 12.3. The van der Waals surface area contributed by atoms with Crippen LogP contribution in [0.2, 0.25) is 0 Å². The van der Waals surface area contributed by atoms with Gasteiger partial charge in [0, 0.05) is 32.4 Å². The van der Waals surface area contributed by atoms with Crippen LogP contribution in [0.5, 0.6) is 0 Å². The Morgan fingerprint density at radius 2 is 1.37 bits per heavy atom. The standard InChI is InChI=1S/C31H60N6O4/c1-26(38)28(20-21-30(39)34-23-25-41-24-22-27-16-15-17-27)35-31(40)19-14-12-10-8-6-4-2-3-5-7-9-11-13-18-29(36-32)37-33/h27-28H,2-25,32-33H2,1H3,(H,34,39)(H,35,40)(H,36,37). The summed E-state index contributed by atoms with van der Waals surface area (Å²) in [5, 5.41) is 9.25. The third kappa shape index (κ3) is 21.2. The maximum Gasteiger partial charge on any atom is 0.220 e. The number of rotatable bonds is 27. The molecule has 41 heavy (non-hydrogen) atoms. The lowest BCUT2D eigenvalue weighted by molar-refractivity contribution is -0.128. The second-order valence-electron chi connectivity index (χ2n) is 11.6. The predicted molar refractivity (Wildman–Crippen MR) is 166 cm³/mol. The van der Waals surface area contributed by atoms with Gasteiger partial charge in [-0.15, -0.1) is 0 Å². The zero-order valence-corrected chi connectivity index (χ0v) is 25.9. The van der Waals surface area contributed by atoms with Gasteiger partial charge in [-0.2, -0.15) is 5.10 Å². The molecule has 1 rings (SSSR count). The zero-order chi connectivity index (χ0) is 30.0. The quantitative estimate of drug-likeness (QED) is 0.0308. The Kier molecular flexibility index (Phi) is 22.9. The number of amides is 2. The summed E-state index contributed by atoms with van der Waals surface area (Å²) >= 11 is 0. The fourth-order valence-corrected chi connectivity index (χ4v) is 5.10. The highest BCUT2D eigenvalue weighted by molar-refractivity contribution is 5.88. The van der Waals surface area contributed by atoms with Crippen molar-refractivity contribution >= 4 is 23.4 Å². The smallest absolute Gasteiger partial charge is 0.220 e. The minimum Gasteiger partial charge on any atom is -0.380 e. The first-order valence-electron chi connectivity index (χ1n) is 16.3. The van der Waals surface area contributed by atoms with Gasteiger partial charge in [-0.3, -0.25) is 14.4 Å². The van der Waals surface area contributed by atoms with Gasteiger partial charge in [0.15, 0.2) is 5.78 Å². The van der Waals surface area contributed by atoms with Gasteiger partial charge < -0.3 is 26.6 Å². The number of hydrazone groups is 1. The van der Waals surface area contributed by atoms with Crippen molar-refractivity contribution < 1.29 is 19.1 Å². The number of hydrogen-bond acceptors (Lipinski definition) is 7. The molecule has 10 heteroatoms. The Labute approximate surface area is 248 Å². The number of hydrogen-bond donors (Lipinski definition) is 5. The molecule has 0 aromatic heterocycles. The lowest BCUT2D eigenvalue weighted by Gasteiger charge is -2.24. The lowest BCUT2D eigenvalue weighted by Crippen LogP contribution is -2.40. The first-order valence-corrected chi connectivity index (χ1v) is 16.3. The SMILES string of the molecule is CC(=O)C(CCC(=O)NCCOCCC1CCC1)NC(=O)CCCCCCCCCCCCCCC/C(=N/N)NN. The molecule has 1 atom stereocenters. The maximum atomic E-state index is 12.3. The minimum atomic E-state index is -0.598. The Morgan fingerprint density at radius 1 is 0.805 bits per heavy atom. The molecule has 0 saturated heterocycles. The van der Waals surface area contributed by atoms with Gasteiger partial charge in [-0.05, 0) is 38.5 Å². The Morgan fingerprint density at radius 3 is 1.85 bits per heavy atom. The lowest BCUT2D eigenvalue weighted by atomic mass is 9.83. The summed E-state index contributed by atoms with van der Waals surface area (Å²) in [7, 11) is 0. The average Bonchev–Trinajstić information content (AvgIpc) is 2.93. The number of nitrogens with one attached hydrogen (secondary N) is 3. The highest BCUT2D eigenvalue weighted by atomic mass is 16.5. The van der Waals surface area contributed by atoms with E-state index in [1.807, 2.05) is 0 Å². The molecule has 0 aromatic rings. The highest BCUT2D eigenvalue weighted by Crippen LogP contribution is 2.29. The van der Waals surface area contributed by atoms with Gasteiger partial charge in [0.1, 0.15) is 5.84 Å². The van der Waals surface area contributed by atoms with Crippen LogP contribution >= 0.6 is 0 Å². The van der Waals surface area contributed by atoms with Crippen molar-refractivity contribution in [1.29, 1.82) is 0 Å². The van der Waals surface area contributed by atoms with Gasteiger partial charge in [-0.25, -0.2) is 5.84 Å². The Balaban J connectivity index is 1.92. The largest absolute Gasteiger partial charge is 0.380 e. The van der Waals surface area contributed by atoms with E-state index >= 15 is 0 Å². The summed E-state index contributed by atoms with van der Waals surface area (Å²) in [6, 6.07) is -0.598. The zero-order valence-electron chi connectivity index (χ0n) is 25.9. The first-order chi connectivity index (χ1) is 20.0. The van der Waals surface area contributed by atoms with Gasteiger partial charge in [0.25, 0.3) is 0 Å². The molecule has 0 spiro atoms. The van der Waals surface area contributed by atoms with Gasteiger partial charge in [0.2, 0.25) is 11.8 Å². The molecule has 10 nitrogen and oxygen atoms in total. The number of carbonyl (C=O) groups is 3. The van der Waals surface area contributed by atoms with Gasteiger partial charge >= 0.3 is 0 Å². The number of nitrogens with two attached hydrogens (primary N) is 2. The predicted octanol–water partition coefficient (Wildman–Crippen LogP) is 4.75. The van der Waals surface area contributed by atoms with Crippen LogP contribution in [0, 0.1) is 5.92 Å². The summed E-state index contributed by atoms with van der Waals surface area (Å²) < 4.78 is 5.58. The van der Waals surface area contributed by atoms with Crippen LogP contribution in [0.1, 0.15) is 142 Å². The third-order valence-corrected chi connectivity index (χ3v) is 8.09. The van der Waals surface area contributed by atoms with Crippen molar-refractivity contribution in [2.45, 2.75) is 148 Å². The molecule has 0 aromatic carbocycles. The molecule has 0 aliphatic heterocycles. The molecule has 0 radical (unpaired) electrons. The van der Waals surface area contributed by atoms with Crippen LogP contribution < -0.4 is 27.7 Å². The number of hydrazine groups is 1. The second-order valence-corrected chi connectivity index (χ2v) is 11.6. The number of amidine groups is 1. The Hall–Kier alpha value is -2.20. The van der Waals surface area contributed by atoms with Crippen LogP contribution in [-0.2, 0) is 19.1 Å². The van der Waals surface area contributed by atoms with E-state index in [0.717, 1.165) is 51.0 Å². The average molecular weight is 581 g/mol. The van der Waals surface area contributed by atoms with E-state index in [9.17, 15) is 14.4 Å². The van der Waals surface area contributed by atoms with Crippen molar-refractivity contribution in [3.05, 3.63) is 0 Å². The molecule has 1 aliphatic carbocycles. The van der Waals surface area contributed by atoms with Crippen molar-refractivity contribution in [3.8, 4) is 0 Å². The monoisotopic (exact) mass is 580 g/mol. The molecule has 0 heterocycles.